The van der Waals surface area contributed by atoms with Gasteiger partial charge in [0.15, 0.2) is 0 Å². The molecule has 0 heterocycles. The van der Waals surface area contributed by atoms with Crippen LogP contribution in [0.25, 0.3) is 0 Å². The van der Waals surface area contributed by atoms with Gasteiger partial charge in [0.05, 0.1) is 12.7 Å². The maximum atomic E-state index is 5.54. The molecule has 2 bridgehead atoms. The van der Waals surface area contributed by atoms with Crippen LogP contribution in [0, 0.1) is 17.8 Å². The summed E-state index contributed by atoms with van der Waals surface area (Å²) in [6, 6.07) is 0.635. The minimum absolute atomic E-state index is 0.350. The molecule has 0 aromatic carbocycles. The second-order valence-electron chi connectivity index (χ2n) is 5.61. The first-order valence-corrected chi connectivity index (χ1v) is 6.70. The van der Waals surface area contributed by atoms with Gasteiger partial charge in [-0.1, -0.05) is 12.2 Å². The van der Waals surface area contributed by atoms with Gasteiger partial charge in [0, 0.05) is 12.6 Å². The lowest BCUT2D eigenvalue weighted by Gasteiger charge is -2.26. The van der Waals surface area contributed by atoms with Gasteiger partial charge < -0.3 is 10.1 Å². The number of hydrogen-bond acceptors (Lipinski definition) is 2. The third kappa shape index (κ3) is 2.86. The molecule has 0 saturated heterocycles. The van der Waals surface area contributed by atoms with E-state index < -0.39 is 0 Å². The molecule has 0 amide bonds. The zero-order chi connectivity index (χ0) is 11.5. The molecule has 1 fully saturated rings. The van der Waals surface area contributed by atoms with Crippen LogP contribution < -0.4 is 5.32 Å². The standard InChI is InChI=1S/C14H25NO/c1-10(2)16-7-6-15-11(3)14-9-12-4-5-13(14)8-12/h4-5,10-15H,6-9H2,1-3H3. The predicted octanol–water partition coefficient (Wildman–Crippen LogP) is 2.60. The molecule has 2 heteroatoms. The molecular weight excluding hydrogens is 198 g/mol. The van der Waals surface area contributed by atoms with Crippen LogP contribution in [-0.2, 0) is 4.74 Å². The Balaban J connectivity index is 1.65. The molecule has 1 N–H and O–H groups in total. The fourth-order valence-corrected chi connectivity index (χ4v) is 3.13. The molecule has 92 valence electrons. The van der Waals surface area contributed by atoms with E-state index in [1.807, 2.05) is 0 Å². The van der Waals surface area contributed by atoms with Crippen LogP contribution in [-0.4, -0.2) is 25.3 Å². The van der Waals surface area contributed by atoms with Crippen LogP contribution in [0.15, 0.2) is 12.2 Å². The van der Waals surface area contributed by atoms with E-state index in [1.54, 1.807) is 0 Å². The number of allylic oxidation sites excluding steroid dienone is 2. The number of fused-ring (bicyclic) bond motifs is 2. The van der Waals surface area contributed by atoms with Crippen LogP contribution in [0.2, 0.25) is 0 Å². The van der Waals surface area contributed by atoms with Crippen molar-refractivity contribution >= 4 is 0 Å². The number of rotatable bonds is 6. The summed E-state index contributed by atoms with van der Waals surface area (Å²) < 4.78 is 5.54. The molecule has 2 aliphatic carbocycles. The van der Waals surface area contributed by atoms with Crippen molar-refractivity contribution in [1.29, 1.82) is 0 Å². The molecule has 2 aliphatic rings. The Kier molecular flexibility index (Phi) is 4.04. The topological polar surface area (TPSA) is 21.3 Å². The summed E-state index contributed by atoms with van der Waals surface area (Å²) in [5, 5.41) is 3.61. The quantitative estimate of drug-likeness (QED) is 0.552. The van der Waals surface area contributed by atoms with Crippen molar-refractivity contribution in [3.05, 3.63) is 12.2 Å². The lowest BCUT2D eigenvalue weighted by molar-refractivity contribution is 0.0780. The molecule has 4 atom stereocenters. The van der Waals surface area contributed by atoms with Gasteiger partial charge in [0.1, 0.15) is 0 Å². The van der Waals surface area contributed by atoms with Crippen LogP contribution in [0.5, 0.6) is 0 Å². The van der Waals surface area contributed by atoms with Crippen molar-refractivity contribution in [2.45, 2.75) is 45.8 Å². The van der Waals surface area contributed by atoms with E-state index in [0.29, 0.717) is 12.1 Å². The highest BCUT2D eigenvalue weighted by Gasteiger charge is 2.38. The van der Waals surface area contributed by atoms with E-state index in [2.05, 4.69) is 38.2 Å². The summed E-state index contributed by atoms with van der Waals surface area (Å²) in [5.74, 6) is 2.58. The Morgan fingerprint density at radius 3 is 2.62 bits per heavy atom. The molecule has 0 radical (unpaired) electrons. The lowest BCUT2D eigenvalue weighted by Crippen LogP contribution is -2.37. The Hall–Kier alpha value is -0.340. The molecule has 16 heavy (non-hydrogen) atoms. The van der Waals surface area contributed by atoms with E-state index in [4.69, 9.17) is 4.74 Å². The van der Waals surface area contributed by atoms with Crippen molar-refractivity contribution in [1.82, 2.24) is 5.32 Å². The highest BCUT2D eigenvalue weighted by atomic mass is 16.5. The van der Waals surface area contributed by atoms with E-state index in [9.17, 15) is 0 Å². The summed E-state index contributed by atoms with van der Waals surface area (Å²) in [5.41, 5.74) is 0. The largest absolute Gasteiger partial charge is 0.377 e. The monoisotopic (exact) mass is 223 g/mol. The maximum Gasteiger partial charge on any atom is 0.0594 e. The van der Waals surface area contributed by atoms with Crippen molar-refractivity contribution in [3.8, 4) is 0 Å². The van der Waals surface area contributed by atoms with E-state index in [0.717, 1.165) is 30.9 Å². The summed E-state index contributed by atoms with van der Waals surface area (Å²) in [6.45, 7) is 8.32. The lowest BCUT2D eigenvalue weighted by atomic mass is 9.87. The maximum absolute atomic E-state index is 5.54. The zero-order valence-corrected chi connectivity index (χ0v) is 10.8. The van der Waals surface area contributed by atoms with Gasteiger partial charge in [0.25, 0.3) is 0 Å². The molecule has 1 saturated carbocycles. The Labute approximate surface area is 99.4 Å². The fraction of sp³-hybridized carbons (Fsp3) is 0.857. The second-order valence-corrected chi connectivity index (χ2v) is 5.61. The molecule has 0 aliphatic heterocycles. The average Bonchev–Trinajstić information content (AvgIpc) is 2.85. The van der Waals surface area contributed by atoms with Gasteiger partial charge >= 0.3 is 0 Å². The Morgan fingerprint density at radius 1 is 1.25 bits per heavy atom. The smallest absolute Gasteiger partial charge is 0.0594 e. The summed E-state index contributed by atoms with van der Waals surface area (Å²) in [4.78, 5) is 0. The van der Waals surface area contributed by atoms with E-state index in [1.165, 1.54) is 12.8 Å². The first kappa shape index (κ1) is 12.1. The van der Waals surface area contributed by atoms with Gasteiger partial charge in [-0.15, -0.1) is 0 Å². The van der Waals surface area contributed by atoms with Crippen LogP contribution in [0.1, 0.15) is 33.6 Å². The first-order chi connectivity index (χ1) is 7.66. The molecule has 0 aromatic heterocycles. The molecule has 2 rings (SSSR count). The fourth-order valence-electron chi connectivity index (χ4n) is 3.13. The Morgan fingerprint density at radius 2 is 2.06 bits per heavy atom. The molecule has 2 nitrogen and oxygen atoms in total. The third-order valence-electron chi connectivity index (χ3n) is 3.99. The summed E-state index contributed by atoms with van der Waals surface area (Å²) >= 11 is 0. The highest BCUT2D eigenvalue weighted by Crippen LogP contribution is 2.44. The van der Waals surface area contributed by atoms with Crippen molar-refractivity contribution in [2.24, 2.45) is 17.8 Å². The highest BCUT2D eigenvalue weighted by molar-refractivity contribution is 5.11. The average molecular weight is 223 g/mol. The SMILES string of the molecule is CC(C)OCCNC(C)C1CC2C=CC1C2. The third-order valence-corrected chi connectivity index (χ3v) is 3.99. The van der Waals surface area contributed by atoms with E-state index >= 15 is 0 Å². The minimum Gasteiger partial charge on any atom is -0.377 e. The molecular formula is C14H25NO. The number of nitrogens with one attached hydrogen (secondary N) is 1. The van der Waals surface area contributed by atoms with Gasteiger partial charge in [-0.05, 0) is 51.4 Å². The van der Waals surface area contributed by atoms with Crippen LogP contribution in [0.4, 0.5) is 0 Å². The van der Waals surface area contributed by atoms with Gasteiger partial charge in [-0.2, -0.15) is 0 Å². The molecule has 4 unspecified atom stereocenters. The van der Waals surface area contributed by atoms with Crippen molar-refractivity contribution < 1.29 is 4.74 Å². The van der Waals surface area contributed by atoms with Gasteiger partial charge in [-0.25, -0.2) is 0 Å². The zero-order valence-electron chi connectivity index (χ0n) is 10.8. The van der Waals surface area contributed by atoms with Crippen molar-refractivity contribution in [3.63, 3.8) is 0 Å². The van der Waals surface area contributed by atoms with Crippen LogP contribution >= 0.6 is 0 Å². The predicted molar refractivity (Wildman–Crippen MR) is 67.4 cm³/mol. The second kappa shape index (κ2) is 5.33. The van der Waals surface area contributed by atoms with Gasteiger partial charge in [-0.3, -0.25) is 0 Å². The molecule has 0 aromatic rings. The van der Waals surface area contributed by atoms with Crippen LogP contribution in [0.3, 0.4) is 0 Å². The first-order valence-electron chi connectivity index (χ1n) is 6.70. The summed E-state index contributed by atoms with van der Waals surface area (Å²) in [6.07, 6.45) is 7.99. The van der Waals surface area contributed by atoms with Crippen molar-refractivity contribution in [2.75, 3.05) is 13.2 Å². The van der Waals surface area contributed by atoms with Gasteiger partial charge in [0.2, 0.25) is 0 Å². The number of ether oxygens (including phenoxy) is 1. The minimum atomic E-state index is 0.350. The Bertz CT molecular complexity index is 249. The summed E-state index contributed by atoms with van der Waals surface area (Å²) in [7, 11) is 0. The van der Waals surface area contributed by atoms with E-state index in [-0.39, 0.29) is 0 Å². The number of hydrogen-bond donors (Lipinski definition) is 1. The normalized spacial score (nSPS) is 33.9. The molecule has 0 spiro atoms.